The first-order chi connectivity index (χ1) is 15.4. The van der Waals surface area contributed by atoms with Crippen LogP contribution in [0.3, 0.4) is 0 Å². The summed E-state index contributed by atoms with van der Waals surface area (Å²) in [6.07, 6.45) is 2.00. The molecule has 1 N–H and O–H groups in total. The van der Waals surface area contributed by atoms with E-state index in [1.165, 1.54) is 12.1 Å². The third-order valence-electron chi connectivity index (χ3n) is 6.19. The Labute approximate surface area is 188 Å². The summed E-state index contributed by atoms with van der Waals surface area (Å²) in [5.74, 6) is 0.572. The molecule has 0 aliphatic carbocycles. The van der Waals surface area contributed by atoms with E-state index in [-0.39, 0.29) is 17.8 Å². The second kappa shape index (κ2) is 9.65. The Morgan fingerprint density at radius 1 is 1.25 bits per heavy atom. The van der Waals surface area contributed by atoms with E-state index in [0.717, 1.165) is 52.8 Å². The van der Waals surface area contributed by atoms with Gasteiger partial charge in [0.15, 0.2) is 0 Å². The topological polar surface area (TPSA) is 56.7 Å². The Bertz CT molecular complexity index is 1100. The second-order valence-electron chi connectivity index (χ2n) is 8.68. The van der Waals surface area contributed by atoms with Crippen LogP contribution in [0.5, 0.6) is 0 Å². The van der Waals surface area contributed by atoms with Gasteiger partial charge in [0.2, 0.25) is 5.91 Å². The monoisotopic (exact) mass is 435 g/mol. The highest BCUT2D eigenvalue weighted by Crippen LogP contribution is 2.29. The molecule has 2 heterocycles. The van der Waals surface area contributed by atoms with Gasteiger partial charge in [-0.15, -0.1) is 0 Å². The van der Waals surface area contributed by atoms with Crippen LogP contribution in [-0.4, -0.2) is 46.6 Å². The van der Waals surface area contributed by atoms with Crippen molar-refractivity contribution in [3.63, 3.8) is 0 Å². The number of hydrogen-bond acceptors (Lipinski definition) is 4. The quantitative estimate of drug-likeness (QED) is 0.629. The first-order valence-electron chi connectivity index (χ1n) is 11.2. The van der Waals surface area contributed by atoms with E-state index < -0.39 is 0 Å². The maximum atomic E-state index is 13.2. The number of fused-ring (bicyclic) bond motifs is 1. The van der Waals surface area contributed by atoms with Crippen LogP contribution >= 0.6 is 0 Å². The lowest BCUT2D eigenvalue weighted by molar-refractivity contribution is -0.129. The average molecular weight is 436 g/mol. The molecular formula is C26H30FN3O2. The maximum absolute atomic E-state index is 13.2. The van der Waals surface area contributed by atoms with Crippen LogP contribution < -0.4 is 4.90 Å². The number of aromatic nitrogens is 1. The fourth-order valence-corrected chi connectivity index (χ4v) is 4.39. The van der Waals surface area contributed by atoms with Crippen molar-refractivity contribution >= 4 is 22.6 Å². The normalized spacial score (nSPS) is 16.4. The molecule has 0 saturated carbocycles. The van der Waals surface area contributed by atoms with Gasteiger partial charge in [-0.25, -0.2) is 9.37 Å². The molecule has 1 aromatic heterocycles. The summed E-state index contributed by atoms with van der Waals surface area (Å²) >= 11 is 0. The van der Waals surface area contributed by atoms with Crippen molar-refractivity contribution in [3.05, 3.63) is 71.0 Å². The van der Waals surface area contributed by atoms with E-state index >= 15 is 0 Å². The van der Waals surface area contributed by atoms with Crippen molar-refractivity contribution in [1.29, 1.82) is 0 Å². The summed E-state index contributed by atoms with van der Waals surface area (Å²) in [7, 11) is 0. The van der Waals surface area contributed by atoms with Gasteiger partial charge < -0.3 is 14.9 Å². The van der Waals surface area contributed by atoms with Gasteiger partial charge in [-0.05, 0) is 55.5 Å². The molecule has 168 valence electrons. The standard InChI is InChI=1S/C26H30FN3O2/c1-18-5-3-6-21-15-22(26(28-25(18)21)30-13-4-7-24(32)17-30)16-29(19(2)31)14-12-20-8-10-23(27)11-9-20/h3,5-6,8-11,15,24,32H,4,7,12-14,16-17H2,1-2H3/t24-/m1/s1. The van der Waals surface area contributed by atoms with Gasteiger partial charge in [-0.1, -0.05) is 30.3 Å². The Kier molecular flexibility index (Phi) is 6.70. The summed E-state index contributed by atoms with van der Waals surface area (Å²) in [6, 6.07) is 14.7. The van der Waals surface area contributed by atoms with Crippen molar-refractivity contribution in [2.75, 3.05) is 24.5 Å². The molecule has 32 heavy (non-hydrogen) atoms. The molecule has 1 aliphatic rings. The number of aliphatic hydroxyl groups is 1. The highest BCUT2D eigenvalue weighted by Gasteiger charge is 2.23. The number of rotatable bonds is 6. The SMILES string of the molecule is CC(=O)N(CCc1ccc(F)cc1)Cc1cc2cccc(C)c2nc1N1CCC[C@@H](O)C1. The fraction of sp³-hybridized carbons (Fsp3) is 0.385. The lowest BCUT2D eigenvalue weighted by Gasteiger charge is -2.33. The smallest absolute Gasteiger partial charge is 0.219 e. The van der Waals surface area contributed by atoms with E-state index in [1.54, 1.807) is 19.1 Å². The Morgan fingerprint density at radius 3 is 2.75 bits per heavy atom. The number of piperidine rings is 1. The van der Waals surface area contributed by atoms with Crippen LogP contribution in [0.1, 0.15) is 36.5 Å². The molecule has 4 rings (SSSR count). The van der Waals surface area contributed by atoms with Crippen molar-refractivity contribution in [3.8, 4) is 0 Å². The number of nitrogens with zero attached hydrogens (tertiary/aromatic N) is 3. The molecule has 0 radical (unpaired) electrons. The zero-order chi connectivity index (χ0) is 22.7. The Balaban J connectivity index is 1.64. The molecule has 1 amide bonds. The minimum absolute atomic E-state index is 0.0129. The number of hydrogen-bond donors (Lipinski definition) is 1. The van der Waals surface area contributed by atoms with Crippen LogP contribution in [0.25, 0.3) is 10.9 Å². The molecule has 3 aromatic rings. The highest BCUT2D eigenvalue weighted by atomic mass is 19.1. The number of halogens is 1. The third kappa shape index (κ3) is 5.07. The first kappa shape index (κ1) is 22.2. The number of para-hydroxylation sites is 1. The number of pyridine rings is 1. The second-order valence-corrected chi connectivity index (χ2v) is 8.68. The predicted molar refractivity (Wildman–Crippen MR) is 125 cm³/mol. The summed E-state index contributed by atoms with van der Waals surface area (Å²) < 4.78 is 13.2. The van der Waals surface area contributed by atoms with E-state index in [2.05, 4.69) is 24.0 Å². The number of carbonyl (C=O) groups is 1. The molecule has 5 nitrogen and oxygen atoms in total. The van der Waals surface area contributed by atoms with E-state index in [0.29, 0.717) is 26.1 Å². The average Bonchev–Trinajstić information content (AvgIpc) is 2.77. The van der Waals surface area contributed by atoms with Gasteiger partial charge in [-0.2, -0.15) is 0 Å². The fourth-order valence-electron chi connectivity index (χ4n) is 4.39. The van der Waals surface area contributed by atoms with E-state index in [9.17, 15) is 14.3 Å². The zero-order valence-electron chi connectivity index (χ0n) is 18.7. The van der Waals surface area contributed by atoms with Crippen molar-refractivity contribution in [2.45, 2.75) is 45.8 Å². The Hall–Kier alpha value is -2.99. The molecule has 6 heteroatoms. The van der Waals surface area contributed by atoms with Crippen LogP contribution in [-0.2, 0) is 17.8 Å². The van der Waals surface area contributed by atoms with Gasteiger partial charge in [-0.3, -0.25) is 4.79 Å². The maximum Gasteiger partial charge on any atom is 0.219 e. The number of β-amino-alcohol motifs (C(OH)–C–C–N with tert-alkyl or cyclic N) is 1. The van der Waals surface area contributed by atoms with Gasteiger partial charge in [0, 0.05) is 44.1 Å². The number of amides is 1. The highest BCUT2D eigenvalue weighted by molar-refractivity contribution is 5.85. The third-order valence-corrected chi connectivity index (χ3v) is 6.19. The van der Waals surface area contributed by atoms with Crippen molar-refractivity contribution in [2.24, 2.45) is 0 Å². The summed E-state index contributed by atoms with van der Waals surface area (Å²) in [6.45, 7) is 5.99. The molecule has 1 atom stereocenters. The van der Waals surface area contributed by atoms with Crippen LogP contribution in [0.15, 0.2) is 48.5 Å². The largest absolute Gasteiger partial charge is 0.391 e. The van der Waals surface area contributed by atoms with Gasteiger partial charge in [0.25, 0.3) is 0 Å². The summed E-state index contributed by atoms with van der Waals surface area (Å²) in [5.41, 5.74) is 4.02. The number of aryl methyl sites for hydroxylation is 1. The molecule has 0 bridgehead atoms. The molecule has 1 saturated heterocycles. The van der Waals surface area contributed by atoms with Crippen LogP contribution in [0.2, 0.25) is 0 Å². The molecule has 2 aromatic carbocycles. The van der Waals surface area contributed by atoms with Gasteiger partial charge >= 0.3 is 0 Å². The van der Waals surface area contributed by atoms with E-state index in [4.69, 9.17) is 4.98 Å². The summed E-state index contributed by atoms with van der Waals surface area (Å²) in [4.78, 5) is 21.4. The number of benzene rings is 2. The number of aliphatic hydroxyl groups excluding tert-OH is 1. The lowest BCUT2D eigenvalue weighted by Crippen LogP contribution is -2.40. The molecular weight excluding hydrogens is 405 g/mol. The van der Waals surface area contributed by atoms with Crippen LogP contribution in [0, 0.1) is 12.7 Å². The van der Waals surface area contributed by atoms with Crippen molar-refractivity contribution < 1.29 is 14.3 Å². The molecule has 0 unspecified atom stereocenters. The van der Waals surface area contributed by atoms with E-state index in [1.807, 2.05) is 17.0 Å². The summed E-state index contributed by atoms with van der Waals surface area (Å²) in [5, 5.41) is 11.3. The molecule has 0 spiro atoms. The lowest BCUT2D eigenvalue weighted by atomic mass is 10.0. The predicted octanol–water partition coefficient (Wildman–Crippen LogP) is 4.23. The van der Waals surface area contributed by atoms with Gasteiger partial charge in [0.1, 0.15) is 11.6 Å². The zero-order valence-corrected chi connectivity index (χ0v) is 18.7. The first-order valence-corrected chi connectivity index (χ1v) is 11.2. The van der Waals surface area contributed by atoms with Crippen molar-refractivity contribution in [1.82, 2.24) is 9.88 Å². The van der Waals surface area contributed by atoms with Gasteiger partial charge in [0.05, 0.1) is 11.6 Å². The molecule has 1 fully saturated rings. The molecule has 1 aliphatic heterocycles. The van der Waals surface area contributed by atoms with Crippen LogP contribution in [0.4, 0.5) is 10.2 Å². The number of carbonyl (C=O) groups excluding carboxylic acids is 1. The minimum atomic E-state index is -0.367. The minimum Gasteiger partial charge on any atom is -0.391 e. The number of anilines is 1. The Morgan fingerprint density at radius 2 is 2.03 bits per heavy atom.